The van der Waals surface area contributed by atoms with Crippen molar-refractivity contribution in [1.82, 2.24) is 20.0 Å². The molecule has 0 unspecified atom stereocenters. The molecular weight excluding hydrogens is 304 g/mol. The van der Waals surface area contributed by atoms with Crippen molar-refractivity contribution in [3.8, 4) is 0 Å². The topological polar surface area (TPSA) is 67.2 Å². The second-order valence-electron chi connectivity index (χ2n) is 7.38. The zero-order valence-corrected chi connectivity index (χ0v) is 14.8. The number of nitrogens with zero attached hydrogens (tertiary/aromatic N) is 3. The number of carbonyl (C=O) groups excluding carboxylic acids is 2. The molecule has 24 heavy (non-hydrogen) atoms. The second kappa shape index (κ2) is 7.36. The molecule has 1 fully saturated rings. The van der Waals surface area contributed by atoms with Gasteiger partial charge in [-0.25, -0.2) is 0 Å². The first kappa shape index (κ1) is 17.0. The third-order valence-electron chi connectivity index (χ3n) is 5.04. The van der Waals surface area contributed by atoms with Crippen LogP contribution < -0.4 is 5.32 Å². The van der Waals surface area contributed by atoms with Gasteiger partial charge in [0.2, 0.25) is 5.91 Å². The Bertz CT molecular complexity index is 602. The molecule has 2 amide bonds. The van der Waals surface area contributed by atoms with Gasteiger partial charge in [-0.2, -0.15) is 5.10 Å². The van der Waals surface area contributed by atoms with Crippen LogP contribution in [-0.2, 0) is 17.9 Å². The number of fused-ring (bicyclic) bond motifs is 1. The van der Waals surface area contributed by atoms with E-state index in [2.05, 4.69) is 10.4 Å². The summed E-state index contributed by atoms with van der Waals surface area (Å²) in [7, 11) is 0. The van der Waals surface area contributed by atoms with Crippen LogP contribution in [0.3, 0.4) is 0 Å². The van der Waals surface area contributed by atoms with Gasteiger partial charge in [0.15, 0.2) is 5.69 Å². The fraction of sp³-hybridized carbons (Fsp3) is 0.722. The average Bonchev–Trinajstić information content (AvgIpc) is 3.20. The van der Waals surface area contributed by atoms with Crippen molar-refractivity contribution in [3.63, 3.8) is 0 Å². The third-order valence-corrected chi connectivity index (χ3v) is 5.04. The van der Waals surface area contributed by atoms with Gasteiger partial charge in [-0.15, -0.1) is 0 Å². The molecule has 0 aromatic carbocycles. The van der Waals surface area contributed by atoms with Crippen LogP contribution in [0, 0.1) is 5.92 Å². The molecule has 6 nitrogen and oxygen atoms in total. The molecule has 0 radical (unpaired) electrons. The van der Waals surface area contributed by atoms with E-state index >= 15 is 0 Å². The van der Waals surface area contributed by atoms with E-state index in [0.717, 1.165) is 18.0 Å². The van der Waals surface area contributed by atoms with E-state index < -0.39 is 0 Å². The van der Waals surface area contributed by atoms with Crippen LogP contribution in [-0.4, -0.2) is 39.1 Å². The highest BCUT2D eigenvalue weighted by atomic mass is 16.2. The summed E-state index contributed by atoms with van der Waals surface area (Å²) in [6, 6.07) is 1.90. The molecule has 0 spiro atoms. The molecule has 1 aromatic rings. The molecule has 0 saturated heterocycles. The fourth-order valence-corrected chi connectivity index (χ4v) is 3.71. The van der Waals surface area contributed by atoms with Crippen LogP contribution in [0.25, 0.3) is 0 Å². The third kappa shape index (κ3) is 3.97. The van der Waals surface area contributed by atoms with Crippen LogP contribution in [0.5, 0.6) is 0 Å². The summed E-state index contributed by atoms with van der Waals surface area (Å²) < 4.78 is 1.86. The zero-order valence-electron chi connectivity index (χ0n) is 14.8. The van der Waals surface area contributed by atoms with E-state index in [9.17, 15) is 9.59 Å². The van der Waals surface area contributed by atoms with E-state index in [0.29, 0.717) is 31.7 Å². The van der Waals surface area contributed by atoms with E-state index in [1.54, 1.807) is 0 Å². The van der Waals surface area contributed by atoms with Crippen LogP contribution >= 0.6 is 0 Å². The van der Waals surface area contributed by atoms with Crippen molar-refractivity contribution in [2.45, 2.75) is 71.5 Å². The summed E-state index contributed by atoms with van der Waals surface area (Å²) in [5.41, 5.74) is 1.39. The van der Waals surface area contributed by atoms with Gasteiger partial charge >= 0.3 is 0 Å². The molecule has 132 valence electrons. The molecule has 2 heterocycles. The highest BCUT2D eigenvalue weighted by Gasteiger charge is 2.25. The van der Waals surface area contributed by atoms with Crippen LogP contribution in [0.4, 0.5) is 0 Å². The maximum absolute atomic E-state index is 12.5. The minimum atomic E-state index is -0.147. The van der Waals surface area contributed by atoms with Crippen LogP contribution in [0.15, 0.2) is 6.07 Å². The van der Waals surface area contributed by atoms with Crippen molar-refractivity contribution < 1.29 is 9.59 Å². The molecular formula is C18H28N4O2. The lowest BCUT2D eigenvalue weighted by Gasteiger charge is -2.28. The molecule has 1 saturated carbocycles. The normalized spacial score (nSPS) is 18.0. The van der Waals surface area contributed by atoms with E-state index in [4.69, 9.17) is 0 Å². The quantitative estimate of drug-likeness (QED) is 0.900. The lowest BCUT2D eigenvalue weighted by molar-refractivity contribution is -0.133. The van der Waals surface area contributed by atoms with Gasteiger partial charge in [0, 0.05) is 19.0 Å². The molecule has 3 rings (SSSR count). The molecule has 1 aromatic heterocycles. The van der Waals surface area contributed by atoms with E-state index in [-0.39, 0.29) is 17.9 Å². The van der Waals surface area contributed by atoms with Crippen molar-refractivity contribution in [1.29, 1.82) is 0 Å². The molecule has 2 aliphatic rings. The minimum absolute atomic E-state index is 0.0879. The van der Waals surface area contributed by atoms with Crippen LogP contribution in [0.1, 0.15) is 68.6 Å². The number of hydrogen-bond acceptors (Lipinski definition) is 3. The predicted octanol–water partition coefficient (Wildman–Crippen LogP) is 2.33. The van der Waals surface area contributed by atoms with Gasteiger partial charge in [-0.05, 0) is 32.3 Å². The Morgan fingerprint density at radius 1 is 1.29 bits per heavy atom. The standard InChI is InChI=1S/C18H28N4O2/c1-13(2)19-18(24)16-11-15-12-21(9-10-22(15)20-16)17(23)8-7-14-5-3-4-6-14/h11,13-14H,3-10,12H2,1-2H3,(H,19,24). The van der Waals surface area contributed by atoms with Crippen molar-refractivity contribution in [3.05, 3.63) is 17.5 Å². The fourth-order valence-electron chi connectivity index (χ4n) is 3.71. The first-order valence-electron chi connectivity index (χ1n) is 9.18. The first-order chi connectivity index (χ1) is 11.5. The Balaban J connectivity index is 1.56. The number of hydrogen-bond donors (Lipinski definition) is 1. The lowest BCUT2D eigenvalue weighted by atomic mass is 10.0. The molecule has 0 bridgehead atoms. The highest BCUT2D eigenvalue weighted by molar-refractivity contribution is 5.92. The minimum Gasteiger partial charge on any atom is -0.348 e. The highest BCUT2D eigenvalue weighted by Crippen LogP contribution is 2.29. The average molecular weight is 332 g/mol. The number of nitrogens with one attached hydrogen (secondary N) is 1. The summed E-state index contributed by atoms with van der Waals surface area (Å²) in [6.07, 6.45) is 6.89. The van der Waals surface area contributed by atoms with Gasteiger partial charge in [0.05, 0.1) is 18.8 Å². The van der Waals surface area contributed by atoms with E-state index in [1.165, 1.54) is 25.7 Å². The smallest absolute Gasteiger partial charge is 0.271 e. The number of carbonyl (C=O) groups is 2. The molecule has 1 aliphatic heterocycles. The van der Waals surface area contributed by atoms with Gasteiger partial charge in [0.25, 0.3) is 5.91 Å². The maximum atomic E-state index is 12.5. The Morgan fingerprint density at radius 3 is 2.75 bits per heavy atom. The van der Waals surface area contributed by atoms with Crippen molar-refractivity contribution >= 4 is 11.8 Å². The Hall–Kier alpha value is -1.85. The van der Waals surface area contributed by atoms with E-state index in [1.807, 2.05) is 29.5 Å². The maximum Gasteiger partial charge on any atom is 0.271 e. The van der Waals surface area contributed by atoms with Crippen molar-refractivity contribution in [2.24, 2.45) is 5.92 Å². The van der Waals surface area contributed by atoms with Gasteiger partial charge in [-0.1, -0.05) is 25.7 Å². The summed E-state index contributed by atoms with van der Waals surface area (Å²) >= 11 is 0. The monoisotopic (exact) mass is 332 g/mol. The van der Waals surface area contributed by atoms with Gasteiger partial charge in [0.1, 0.15) is 0 Å². The second-order valence-corrected chi connectivity index (χ2v) is 7.38. The molecule has 1 aliphatic carbocycles. The SMILES string of the molecule is CC(C)NC(=O)c1cc2n(n1)CCN(C(=O)CCC1CCCC1)C2. The van der Waals surface area contributed by atoms with Crippen LogP contribution in [0.2, 0.25) is 0 Å². The summed E-state index contributed by atoms with van der Waals surface area (Å²) in [5.74, 6) is 0.837. The molecule has 1 N–H and O–H groups in total. The summed E-state index contributed by atoms with van der Waals surface area (Å²) in [5, 5.41) is 7.23. The van der Waals surface area contributed by atoms with Crippen molar-refractivity contribution in [2.75, 3.05) is 6.54 Å². The molecule has 6 heteroatoms. The first-order valence-corrected chi connectivity index (χ1v) is 9.18. The van der Waals surface area contributed by atoms with Gasteiger partial charge in [-0.3, -0.25) is 14.3 Å². The summed E-state index contributed by atoms with van der Waals surface area (Å²) in [4.78, 5) is 26.5. The predicted molar refractivity (Wildman–Crippen MR) is 91.4 cm³/mol. The number of amides is 2. The Morgan fingerprint density at radius 2 is 2.04 bits per heavy atom. The Labute approximate surface area is 143 Å². The largest absolute Gasteiger partial charge is 0.348 e. The number of aromatic nitrogens is 2. The zero-order chi connectivity index (χ0) is 17.1. The number of rotatable bonds is 5. The summed E-state index contributed by atoms with van der Waals surface area (Å²) in [6.45, 7) is 5.77. The van der Waals surface area contributed by atoms with Gasteiger partial charge < -0.3 is 10.2 Å². The molecule has 0 atom stereocenters. The Kier molecular flexibility index (Phi) is 5.21. The lowest BCUT2D eigenvalue weighted by Crippen LogP contribution is -2.38.